The number of hydrogen-bond acceptors (Lipinski definition) is 2. The van der Waals surface area contributed by atoms with Crippen molar-refractivity contribution in [2.75, 3.05) is 0 Å². The van der Waals surface area contributed by atoms with Crippen LogP contribution in [-0.4, -0.2) is 17.1 Å². The first-order valence-corrected chi connectivity index (χ1v) is 6.35. The summed E-state index contributed by atoms with van der Waals surface area (Å²) >= 11 is 0. The fourth-order valence-electron chi connectivity index (χ4n) is 2.04. The minimum absolute atomic E-state index is 0.0781. The van der Waals surface area contributed by atoms with E-state index in [0.29, 0.717) is 6.54 Å². The van der Waals surface area contributed by atoms with Gasteiger partial charge in [-0.15, -0.1) is 0 Å². The second-order valence-electron chi connectivity index (χ2n) is 5.30. The SMILES string of the molecule is Cc1cc(C)c(CN[C@H](C(=O)O)C(C)C)cc1C. The number of carboxylic acids is 1. The molecular formula is C15H23NO2. The van der Waals surface area contributed by atoms with Crippen LogP contribution in [0.1, 0.15) is 36.1 Å². The Morgan fingerprint density at radius 3 is 2.22 bits per heavy atom. The van der Waals surface area contributed by atoms with E-state index in [1.54, 1.807) is 0 Å². The standard InChI is InChI=1S/C15H23NO2/c1-9(2)14(15(17)18)16-8-13-7-11(4)10(3)6-12(13)5/h6-7,9,14,16H,8H2,1-5H3,(H,17,18)/t14-/m0/s1. The van der Waals surface area contributed by atoms with Gasteiger partial charge in [-0.05, 0) is 48.9 Å². The highest BCUT2D eigenvalue weighted by Crippen LogP contribution is 2.15. The van der Waals surface area contributed by atoms with E-state index in [4.69, 9.17) is 5.11 Å². The second kappa shape index (κ2) is 6.01. The molecule has 0 radical (unpaired) electrons. The average Bonchev–Trinajstić information content (AvgIpc) is 2.24. The molecule has 0 bridgehead atoms. The second-order valence-corrected chi connectivity index (χ2v) is 5.30. The molecule has 0 aliphatic carbocycles. The molecule has 1 aromatic carbocycles. The average molecular weight is 249 g/mol. The summed E-state index contributed by atoms with van der Waals surface area (Å²) in [7, 11) is 0. The highest BCUT2D eigenvalue weighted by Gasteiger charge is 2.20. The van der Waals surface area contributed by atoms with Gasteiger partial charge in [0.05, 0.1) is 0 Å². The van der Waals surface area contributed by atoms with Gasteiger partial charge in [-0.3, -0.25) is 4.79 Å². The van der Waals surface area contributed by atoms with Crippen LogP contribution in [0.15, 0.2) is 12.1 Å². The molecule has 100 valence electrons. The fraction of sp³-hybridized carbons (Fsp3) is 0.533. The van der Waals surface area contributed by atoms with Gasteiger partial charge >= 0.3 is 5.97 Å². The zero-order valence-electron chi connectivity index (χ0n) is 11.9. The molecule has 0 amide bonds. The molecule has 0 spiro atoms. The van der Waals surface area contributed by atoms with Crippen molar-refractivity contribution in [2.24, 2.45) is 5.92 Å². The minimum Gasteiger partial charge on any atom is -0.480 e. The van der Waals surface area contributed by atoms with Crippen molar-refractivity contribution >= 4 is 5.97 Å². The molecule has 2 N–H and O–H groups in total. The van der Waals surface area contributed by atoms with Crippen molar-refractivity contribution in [3.8, 4) is 0 Å². The summed E-state index contributed by atoms with van der Waals surface area (Å²) in [6.45, 7) is 10.7. The summed E-state index contributed by atoms with van der Waals surface area (Å²) in [5.41, 5.74) is 4.90. The van der Waals surface area contributed by atoms with E-state index in [0.717, 1.165) is 0 Å². The molecule has 0 aromatic heterocycles. The van der Waals surface area contributed by atoms with Crippen molar-refractivity contribution in [3.05, 3.63) is 34.4 Å². The van der Waals surface area contributed by atoms with E-state index in [9.17, 15) is 4.79 Å². The number of benzene rings is 1. The predicted molar refractivity (Wildman–Crippen MR) is 73.8 cm³/mol. The van der Waals surface area contributed by atoms with E-state index >= 15 is 0 Å². The Hall–Kier alpha value is -1.35. The van der Waals surface area contributed by atoms with Crippen LogP contribution in [0.4, 0.5) is 0 Å². The molecule has 0 heterocycles. The highest BCUT2D eigenvalue weighted by atomic mass is 16.4. The Morgan fingerprint density at radius 1 is 1.17 bits per heavy atom. The van der Waals surface area contributed by atoms with Gasteiger partial charge in [-0.2, -0.15) is 0 Å². The van der Waals surface area contributed by atoms with Gasteiger partial charge in [-0.1, -0.05) is 26.0 Å². The highest BCUT2D eigenvalue weighted by molar-refractivity contribution is 5.73. The quantitative estimate of drug-likeness (QED) is 0.843. The maximum Gasteiger partial charge on any atom is 0.320 e. The van der Waals surface area contributed by atoms with Crippen LogP contribution in [0.2, 0.25) is 0 Å². The summed E-state index contributed by atoms with van der Waals surface area (Å²) in [6, 6.07) is 3.79. The number of hydrogen-bond donors (Lipinski definition) is 2. The number of aryl methyl sites for hydroxylation is 3. The lowest BCUT2D eigenvalue weighted by Gasteiger charge is -2.19. The number of nitrogens with one attached hydrogen (secondary N) is 1. The van der Waals surface area contributed by atoms with Gasteiger partial charge in [0.15, 0.2) is 0 Å². The Kier molecular flexibility index (Phi) is 4.91. The molecule has 0 aliphatic rings. The van der Waals surface area contributed by atoms with Gasteiger partial charge in [-0.25, -0.2) is 0 Å². The maximum atomic E-state index is 11.1. The molecule has 3 heteroatoms. The zero-order chi connectivity index (χ0) is 13.9. The van der Waals surface area contributed by atoms with Crippen LogP contribution in [0, 0.1) is 26.7 Å². The van der Waals surface area contributed by atoms with E-state index in [2.05, 4.69) is 38.2 Å². The molecular weight excluding hydrogens is 226 g/mol. The summed E-state index contributed by atoms with van der Waals surface area (Å²) in [6.07, 6.45) is 0. The van der Waals surface area contributed by atoms with Crippen LogP contribution < -0.4 is 5.32 Å². The fourth-order valence-corrected chi connectivity index (χ4v) is 2.04. The molecule has 18 heavy (non-hydrogen) atoms. The van der Waals surface area contributed by atoms with Crippen LogP contribution in [0.3, 0.4) is 0 Å². The van der Waals surface area contributed by atoms with E-state index in [1.165, 1.54) is 22.3 Å². The van der Waals surface area contributed by atoms with Crippen LogP contribution in [0.25, 0.3) is 0 Å². The number of rotatable bonds is 5. The lowest BCUT2D eigenvalue weighted by atomic mass is 9.99. The summed E-state index contributed by atoms with van der Waals surface area (Å²) in [5.74, 6) is -0.708. The molecule has 0 unspecified atom stereocenters. The third-order valence-corrected chi connectivity index (χ3v) is 3.40. The molecule has 1 atom stereocenters. The third kappa shape index (κ3) is 3.57. The minimum atomic E-state index is -0.786. The van der Waals surface area contributed by atoms with Crippen LogP contribution in [-0.2, 0) is 11.3 Å². The topological polar surface area (TPSA) is 49.3 Å². The number of aliphatic carboxylic acids is 1. The maximum absolute atomic E-state index is 11.1. The van der Waals surface area contributed by atoms with Crippen molar-refractivity contribution in [2.45, 2.75) is 47.2 Å². The Balaban J connectivity index is 2.79. The smallest absolute Gasteiger partial charge is 0.320 e. The van der Waals surface area contributed by atoms with Gasteiger partial charge < -0.3 is 10.4 Å². The number of carbonyl (C=O) groups is 1. The van der Waals surface area contributed by atoms with E-state index in [-0.39, 0.29) is 5.92 Å². The van der Waals surface area contributed by atoms with Gasteiger partial charge in [0.1, 0.15) is 6.04 Å². The summed E-state index contributed by atoms with van der Waals surface area (Å²) < 4.78 is 0. The zero-order valence-corrected chi connectivity index (χ0v) is 11.9. The normalized spacial score (nSPS) is 12.8. The first kappa shape index (κ1) is 14.7. The van der Waals surface area contributed by atoms with Crippen LogP contribution >= 0.6 is 0 Å². The van der Waals surface area contributed by atoms with Crippen molar-refractivity contribution in [1.29, 1.82) is 0 Å². The van der Waals surface area contributed by atoms with Crippen molar-refractivity contribution < 1.29 is 9.90 Å². The molecule has 3 nitrogen and oxygen atoms in total. The molecule has 1 aromatic rings. The summed E-state index contributed by atoms with van der Waals surface area (Å²) in [5, 5.41) is 12.3. The lowest BCUT2D eigenvalue weighted by Crippen LogP contribution is -2.40. The predicted octanol–water partition coefficient (Wildman–Crippen LogP) is 2.81. The lowest BCUT2D eigenvalue weighted by molar-refractivity contribution is -0.140. The monoisotopic (exact) mass is 249 g/mol. The van der Waals surface area contributed by atoms with Crippen molar-refractivity contribution in [1.82, 2.24) is 5.32 Å². The Labute approximate surface area is 109 Å². The molecule has 0 saturated carbocycles. The van der Waals surface area contributed by atoms with Gasteiger partial charge in [0.2, 0.25) is 0 Å². The molecule has 0 aliphatic heterocycles. The Bertz CT molecular complexity index is 438. The van der Waals surface area contributed by atoms with Gasteiger partial charge in [0.25, 0.3) is 0 Å². The first-order chi connectivity index (χ1) is 8.32. The van der Waals surface area contributed by atoms with E-state index in [1.807, 2.05) is 13.8 Å². The summed E-state index contributed by atoms with van der Waals surface area (Å²) in [4.78, 5) is 11.1. The Morgan fingerprint density at radius 2 is 1.72 bits per heavy atom. The molecule has 0 saturated heterocycles. The van der Waals surface area contributed by atoms with Crippen molar-refractivity contribution in [3.63, 3.8) is 0 Å². The third-order valence-electron chi connectivity index (χ3n) is 3.40. The largest absolute Gasteiger partial charge is 0.480 e. The first-order valence-electron chi connectivity index (χ1n) is 6.35. The van der Waals surface area contributed by atoms with Gasteiger partial charge in [0, 0.05) is 6.54 Å². The van der Waals surface area contributed by atoms with E-state index < -0.39 is 12.0 Å². The van der Waals surface area contributed by atoms with Crippen LogP contribution in [0.5, 0.6) is 0 Å². The molecule has 1 rings (SSSR count). The molecule has 0 fully saturated rings. The number of carboxylic acid groups (broad SMARTS) is 1.